The molecule has 0 unspecified atom stereocenters. The summed E-state index contributed by atoms with van der Waals surface area (Å²) < 4.78 is 10.9. The predicted molar refractivity (Wildman–Crippen MR) is 105 cm³/mol. The third kappa shape index (κ3) is 3.97. The van der Waals surface area contributed by atoms with E-state index in [2.05, 4.69) is 30.9 Å². The van der Waals surface area contributed by atoms with Gasteiger partial charge in [0.15, 0.2) is 0 Å². The van der Waals surface area contributed by atoms with Crippen molar-refractivity contribution in [1.82, 2.24) is 4.90 Å². The molecule has 4 nitrogen and oxygen atoms in total. The van der Waals surface area contributed by atoms with Crippen molar-refractivity contribution in [3.8, 4) is 5.75 Å². The average molecular weight is 351 g/mol. The summed E-state index contributed by atoms with van der Waals surface area (Å²) in [6, 6.07) is 13.9. The van der Waals surface area contributed by atoms with Crippen molar-refractivity contribution in [3.63, 3.8) is 0 Å². The van der Waals surface area contributed by atoms with Crippen LogP contribution in [0.1, 0.15) is 29.2 Å². The van der Waals surface area contributed by atoms with Crippen LogP contribution < -0.4 is 10.4 Å². The molecule has 0 fully saturated rings. The van der Waals surface area contributed by atoms with Gasteiger partial charge in [0.2, 0.25) is 0 Å². The molecule has 1 heterocycles. The fourth-order valence-corrected chi connectivity index (χ4v) is 3.29. The van der Waals surface area contributed by atoms with Gasteiger partial charge in [0.1, 0.15) is 11.3 Å². The first-order chi connectivity index (χ1) is 12.5. The SMILES string of the molecule is CCc1ccc2c(CN(C)Cc3cc(C)ccc3OC)cc(=O)oc2c1. The second-order valence-electron chi connectivity index (χ2n) is 6.76. The van der Waals surface area contributed by atoms with Crippen molar-refractivity contribution in [1.29, 1.82) is 0 Å². The second kappa shape index (κ2) is 7.75. The zero-order chi connectivity index (χ0) is 18.7. The number of benzene rings is 2. The van der Waals surface area contributed by atoms with E-state index < -0.39 is 0 Å². The van der Waals surface area contributed by atoms with E-state index in [4.69, 9.17) is 9.15 Å². The average Bonchev–Trinajstić information content (AvgIpc) is 2.61. The smallest absolute Gasteiger partial charge is 0.336 e. The Bertz CT molecular complexity index is 975. The lowest BCUT2D eigenvalue weighted by molar-refractivity contribution is 0.310. The molecule has 0 saturated heterocycles. The van der Waals surface area contributed by atoms with Crippen LogP contribution in [0.5, 0.6) is 5.75 Å². The minimum atomic E-state index is -0.303. The molecule has 0 spiro atoms. The summed E-state index contributed by atoms with van der Waals surface area (Å²) in [5, 5.41) is 0.991. The van der Waals surface area contributed by atoms with E-state index in [-0.39, 0.29) is 5.63 Å². The van der Waals surface area contributed by atoms with Crippen molar-refractivity contribution in [2.24, 2.45) is 0 Å². The van der Waals surface area contributed by atoms with Crippen LogP contribution in [0.15, 0.2) is 51.7 Å². The van der Waals surface area contributed by atoms with Crippen LogP contribution in [0.3, 0.4) is 0 Å². The Morgan fingerprint density at radius 2 is 1.81 bits per heavy atom. The molecule has 0 bridgehead atoms. The fourth-order valence-electron chi connectivity index (χ4n) is 3.29. The number of aryl methyl sites for hydroxylation is 2. The van der Waals surface area contributed by atoms with Gasteiger partial charge in [-0.05, 0) is 43.7 Å². The maximum absolute atomic E-state index is 12.0. The number of hydrogen-bond acceptors (Lipinski definition) is 4. The highest BCUT2D eigenvalue weighted by Gasteiger charge is 2.11. The van der Waals surface area contributed by atoms with Gasteiger partial charge in [-0.3, -0.25) is 4.90 Å². The Labute approximate surface area is 154 Å². The lowest BCUT2D eigenvalue weighted by Gasteiger charge is -2.19. The van der Waals surface area contributed by atoms with Crippen LogP contribution in [-0.2, 0) is 19.5 Å². The molecule has 0 saturated carbocycles. The molecule has 2 aromatic carbocycles. The highest BCUT2D eigenvalue weighted by molar-refractivity contribution is 5.80. The minimum absolute atomic E-state index is 0.303. The fraction of sp³-hybridized carbons (Fsp3) is 0.318. The molecule has 136 valence electrons. The monoisotopic (exact) mass is 351 g/mol. The van der Waals surface area contributed by atoms with Crippen LogP contribution in [0.25, 0.3) is 11.0 Å². The van der Waals surface area contributed by atoms with E-state index in [1.54, 1.807) is 13.2 Å². The minimum Gasteiger partial charge on any atom is -0.496 e. The molecule has 0 amide bonds. The summed E-state index contributed by atoms with van der Waals surface area (Å²) in [7, 11) is 3.73. The Morgan fingerprint density at radius 3 is 2.54 bits per heavy atom. The molecule has 3 rings (SSSR count). The number of methoxy groups -OCH3 is 1. The third-order valence-electron chi connectivity index (χ3n) is 4.62. The summed E-state index contributed by atoms with van der Waals surface area (Å²) >= 11 is 0. The van der Waals surface area contributed by atoms with Crippen LogP contribution in [0, 0.1) is 6.92 Å². The van der Waals surface area contributed by atoms with Gasteiger partial charge in [-0.2, -0.15) is 0 Å². The maximum atomic E-state index is 12.0. The third-order valence-corrected chi connectivity index (χ3v) is 4.62. The Kier molecular flexibility index (Phi) is 5.43. The molecule has 26 heavy (non-hydrogen) atoms. The quantitative estimate of drug-likeness (QED) is 0.621. The maximum Gasteiger partial charge on any atom is 0.336 e. The Balaban J connectivity index is 1.89. The van der Waals surface area contributed by atoms with Crippen LogP contribution in [0.4, 0.5) is 0 Å². The van der Waals surface area contributed by atoms with Crippen molar-refractivity contribution in [3.05, 3.63) is 75.1 Å². The molecule has 0 aliphatic carbocycles. The highest BCUT2D eigenvalue weighted by Crippen LogP contribution is 2.24. The van der Waals surface area contributed by atoms with Crippen molar-refractivity contribution in [2.75, 3.05) is 14.2 Å². The molecule has 0 radical (unpaired) electrons. The summed E-state index contributed by atoms with van der Waals surface area (Å²) in [5.74, 6) is 0.882. The highest BCUT2D eigenvalue weighted by atomic mass is 16.5. The first kappa shape index (κ1) is 18.2. The number of nitrogens with zero attached hydrogens (tertiary/aromatic N) is 1. The normalized spacial score (nSPS) is 11.3. The first-order valence-electron chi connectivity index (χ1n) is 8.88. The predicted octanol–water partition coefficient (Wildman–Crippen LogP) is 4.30. The van der Waals surface area contributed by atoms with E-state index in [1.165, 1.54) is 5.56 Å². The number of hydrogen-bond donors (Lipinski definition) is 0. The first-order valence-corrected chi connectivity index (χ1v) is 8.88. The van der Waals surface area contributed by atoms with Gasteiger partial charge in [-0.15, -0.1) is 0 Å². The van der Waals surface area contributed by atoms with Gasteiger partial charge in [0.25, 0.3) is 0 Å². The van der Waals surface area contributed by atoms with Crippen LogP contribution in [0.2, 0.25) is 0 Å². The van der Waals surface area contributed by atoms with Gasteiger partial charge in [0.05, 0.1) is 7.11 Å². The molecule has 3 aromatic rings. The van der Waals surface area contributed by atoms with Crippen LogP contribution in [-0.4, -0.2) is 19.1 Å². The lowest BCUT2D eigenvalue weighted by Crippen LogP contribution is -2.19. The van der Waals surface area contributed by atoms with Crippen molar-refractivity contribution in [2.45, 2.75) is 33.4 Å². The van der Waals surface area contributed by atoms with Gasteiger partial charge >= 0.3 is 5.63 Å². The van der Waals surface area contributed by atoms with E-state index in [9.17, 15) is 4.79 Å². The zero-order valence-corrected chi connectivity index (χ0v) is 15.8. The zero-order valence-electron chi connectivity index (χ0n) is 15.8. The standard InChI is InChI=1S/C22H25NO3/c1-5-16-7-8-19-17(12-22(24)26-21(19)11-16)13-23(3)14-18-10-15(2)6-9-20(18)25-4/h6-12H,5,13-14H2,1-4H3. The number of ether oxygens (including phenoxy) is 1. The Hall–Kier alpha value is -2.59. The summed E-state index contributed by atoms with van der Waals surface area (Å²) in [6.07, 6.45) is 0.914. The summed E-state index contributed by atoms with van der Waals surface area (Å²) in [5.41, 5.74) is 4.84. The van der Waals surface area contributed by atoms with Crippen LogP contribution >= 0.6 is 0 Å². The van der Waals surface area contributed by atoms with E-state index in [0.29, 0.717) is 12.1 Å². The van der Waals surface area contributed by atoms with E-state index in [1.807, 2.05) is 31.3 Å². The molecule has 0 aliphatic rings. The summed E-state index contributed by atoms with van der Waals surface area (Å²) in [6.45, 7) is 5.56. The molecular formula is C22H25NO3. The molecule has 0 atom stereocenters. The number of rotatable bonds is 6. The second-order valence-corrected chi connectivity index (χ2v) is 6.76. The van der Waals surface area contributed by atoms with Crippen molar-refractivity contribution >= 4 is 11.0 Å². The molecule has 0 aliphatic heterocycles. The molecule has 1 aromatic heterocycles. The largest absolute Gasteiger partial charge is 0.496 e. The Morgan fingerprint density at radius 1 is 1.04 bits per heavy atom. The number of fused-ring (bicyclic) bond motifs is 1. The topological polar surface area (TPSA) is 42.7 Å². The van der Waals surface area contributed by atoms with E-state index in [0.717, 1.165) is 40.8 Å². The molecule has 4 heteroatoms. The van der Waals surface area contributed by atoms with Gasteiger partial charge in [-0.25, -0.2) is 4.79 Å². The van der Waals surface area contributed by atoms with Crippen molar-refractivity contribution < 1.29 is 9.15 Å². The van der Waals surface area contributed by atoms with Gasteiger partial charge < -0.3 is 9.15 Å². The van der Waals surface area contributed by atoms with Gasteiger partial charge in [-0.1, -0.05) is 36.8 Å². The van der Waals surface area contributed by atoms with Gasteiger partial charge in [0, 0.05) is 30.1 Å². The molecular weight excluding hydrogens is 326 g/mol. The molecule has 0 N–H and O–H groups in total. The lowest BCUT2D eigenvalue weighted by atomic mass is 10.1. The van der Waals surface area contributed by atoms with E-state index >= 15 is 0 Å². The summed E-state index contributed by atoms with van der Waals surface area (Å²) in [4.78, 5) is 14.2.